The Balaban J connectivity index is 1.97. The number of nitrogens with one attached hydrogen (secondary N) is 2. The van der Waals surface area contributed by atoms with E-state index >= 15 is 0 Å². The molecular formula is C17H20BrN3O6. The minimum atomic E-state index is -1.04. The summed E-state index contributed by atoms with van der Waals surface area (Å²) in [5.74, 6) is -2.89. The Labute approximate surface area is 164 Å². The number of para-hydroxylation sites is 1. The van der Waals surface area contributed by atoms with Gasteiger partial charge in [0.2, 0.25) is 0 Å². The molecule has 2 rings (SSSR count). The van der Waals surface area contributed by atoms with Crippen LogP contribution in [0.1, 0.15) is 20.3 Å². The highest BCUT2D eigenvalue weighted by atomic mass is 79.9. The van der Waals surface area contributed by atoms with E-state index in [0.29, 0.717) is 10.2 Å². The van der Waals surface area contributed by atoms with Gasteiger partial charge in [-0.3, -0.25) is 24.0 Å². The average molecular weight is 442 g/mol. The number of hydrogen-bond donors (Lipinski definition) is 2. The predicted molar refractivity (Wildman–Crippen MR) is 98.2 cm³/mol. The molecule has 2 atom stereocenters. The van der Waals surface area contributed by atoms with E-state index in [1.807, 2.05) is 0 Å². The first kappa shape index (κ1) is 20.8. The predicted octanol–water partition coefficient (Wildman–Crippen LogP) is 0.988. The molecule has 1 heterocycles. The number of anilines is 1. The highest BCUT2D eigenvalue weighted by molar-refractivity contribution is 9.10. The fraction of sp³-hybridized carbons (Fsp3) is 0.412. The van der Waals surface area contributed by atoms with Crippen LogP contribution in [0.2, 0.25) is 0 Å². The van der Waals surface area contributed by atoms with Gasteiger partial charge in [0.25, 0.3) is 5.91 Å². The Hall–Kier alpha value is -2.46. The maximum atomic E-state index is 12.6. The van der Waals surface area contributed by atoms with E-state index in [1.54, 1.807) is 31.2 Å². The summed E-state index contributed by atoms with van der Waals surface area (Å²) in [6.07, 6.45) is 0.00886. The molecule has 1 saturated heterocycles. The van der Waals surface area contributed by atoms with Crippen molar-refractivity contribution in [1.82, 2.24) is 10.4 Å². The lowest BCUT2D eigenvalue weighted by Crippen LogP contribution is -2.52. The lowest BCUT2D eigenvalue weighted by molar-refractivity contribution is -0.200. The van der Waals surface area contributed by atoms with Crippen molar-refractivity contribution in [3.8, 4) is 0 Å². The number of carbonyl (C=O) groups excluding carboxylic acids is 4. The summed E-state index contributed by atoms with van der Waals surface area (Å²) in [5.41, 5.74) is 0.425. The van der Waals surface area contributed by atoms with Gasteiger partial charge in [-0.1, -0.05) is 12.1 Å². The summed E-state index contributed by atoms with van der Waals surface area (Å²) in [7, 11) is 0. The third-order valence-corrected chi connectivity index (χ3v) is 4.39. The van der Waals surface area contributed by atoms with E-state index in [0.717, 1.165) is 5.06 Å². The minimum Gasteiger partial charge on any atom is -0.463 e. The second kappa shape index (κ2) is 9.47. The second-order valence-corrected chi connectivity index (χ2v) is 6.61. The summed E-state index contributed by atoms with van der Waals surface area (Å²) >= 11 is 3.26. The Kier molecular flexibility index (Phi) is 7.31. The van der Waals surface area contributed by atoms with Crippen LogP contribution in [0.3, 0.4) is 0 Å². The molecule has 0 saturated carbocycles. The average Bonchev–Trinajstić information content (AvgIpc) is 3.06. The van der Waals surface area contributed by atoms with Crippen molar-refractivity contribution in [3.05, 3.63) is 28.7 Å². The molecule has 1 aromatic carbocycles. The molecule has 0 bridgehead atoms. The third kappa shape index (κ3) is 5.51. The lowest BCUT2D eigenvalue weighted by Gasteiger charge is -2.28. The van der Waals surface area contributed by atoms with E-state index in [1.165, 1.54) is 6.92 Å². The Morgan fingerprint density at radius 1 is 1.33 bits per heavy atom. The third-order valence-electron chi connectivity index (χ3n) is 3.70. The molecule has 0 aromatic heterocycles. The van der Waals surface area contributed by atoms with E-state index in [2.05, 4.69) is 26.6 Å². The monoisotopic (exact) mass is 441 g/mol. The van der Waals surface area contributed by atoms with Gasteiger partial charge in [-0.15, -0.1) is 0 Å². The van der Waals surface area contributed by atoms with Crippen molar-refractivity contribution in [1.29, 1.82) is 0 Å². The van der Waals surface area contributed by atoms with Gasteiger partial charge in [-0.25, -0.2) is 5.06 Å². The van der Waals surface area contributed by atoms with Crippen LogP contribution < -0.4 is 10.6 Å². The minimum absolute atomic E-state index is 0.00886. The smallest absolute Gasteiger partial charge is 0.313 e. The van der Waals surface area contributed by atoms with Crippen LogP contribution in [-0.4, -0.2) is 54.1 Å². The van der Waals surface area contributed by atoms with Crippen LogP contribution in [0, 0.1) is 0 Å². The number of esters is 1. The van der Waals surface area contributed by atoms with Gasteiger partial charge in [0, 0.05) is 4.47 Å². The molecule has 1 aliphatic rings. The highest BCUT2D eigenvalue weighted by Crippen LogP contribution is 2.21. The van der Waals surface area contributed by atoms with Crippen molar-refractivity contribution in [3.63, 3.8) is 0 Å². The Morgan fingerprint density at radius 2 is 2.04 bits per heavy atom. The number of amides is 3. The van der Waals surface area contributed by atoms with Crippen molar-refractivity contribution in [2.45, 2.75) is 32.4 Å². The molecule has 146 valence electrons. The summed E-state index contributed by atoms with van der Waals surface area (Å²) in [4.78, 5) is 53.3. The molecule has 2 unspecified atom stereocenters. The molecule has 10 heteroatoms. The Morgan fingerprint density at radius 3 is 2.63 bits per heavy atom. The topological polar surface area (TPSA) is 114 Å². The van der Waals surface area contributed by atoms with Crippen LogP contribution in [0.5, 0.6) is 0 Å². The fourth-order valence-corrected chi connectivity index (χ4v) is 2.78. The van der Waals surface area contributed by atoms with Gasteiger partial charge in [0.1, 0.15) is 18.7 Å². The summed E-state index contributed by atoms with van der Waals surface area (Å²) in [5, 5.41) is 5.81. The van der Waals surface area contributed by atoms with Gasteiger partial charge in [0.15, 0.2) is 0 Å². The summed E-state index contributed by atoms with van der Waals surface area (Å²) in [6, 6.07) is 5.20. The number of rotatable bonds is 6. The van der Waals surface area contributed by atoms with E-state index < -0.39 is 35.8 Å². The molecule has 1 aromatic rings. The zero-order chi connectivity index (χ0) is 20.0. The second-order valence-electron chi connectivity index (χ2n) is 5.75. The Bertz CT molecular complexity index is 741. The number of cyclic esters (lactones) is 1. The number of nitrogens with zero attached hydrogens (tertiary/aromatic N) is 1. The SMILES string of the molecule is CCON(C(=O)C(C)NC(=O)C(=O)Nc1ccccc1Br)C1COC(=O)C1. The largest absolute Gasteiger partial charge is 0.463 e. The maximum absolute atomic E-state index is 12.6. The van der Waals surface area contributed by atoms with Crippen molar-refractivity contribution < 1.29 is 28.8 Å². The molecule has 27 heavy (non-hydrogen) atoms. The van der Waals surface area contributed by atoms with Gasteiger partial charge >= 0.3 is 17.8 Å². The first-order valence-electron chi connectivity index (χ1n) is 8.31. The van der Waals surface area contributed by atoms with E-state index in [-0.39, 0.29) is 19.6 Å². The molecule has 0 spiro atoms. The van der Waals surface area contributed by atoms with Crippen LogP contribution >= 0.6 is 15.9 Å². The molecule has 1 fully saturated rings. The normalized spacial score (nSPS) is 17.0. The molecular weight excluding hydrogens is 422 g/mol. The van der Waals surface area contributed by atoms with Crippen LogP contribution in [0.4, 0.5) is 5.69 Å². The zero-order valence-corrected chi connectivity index (χ0v) is 16.4. The van der Waals surface area contributed by atoms with Crippen molar-refractivity contribution >= 4 is 45.3 Å². The van der Waals surface area contributed by atoms with Gasteiger partial charge in [0.05, 0.1) is 18.7 Å². The molecule has 3 amide bonds. The number of carbonyl (C=O) groups is 4. The zero-order valence-electron chi connectivity index (χ0n) is 14.9. The van der Waals surface area contributed by atoms with E-state index in [4.69, 9.17) is 9.57 Å². The number of halogens is 1. The molecule has 0 aliphatic carbocycles. The standard InChI is InChI=1S/C17H20BrN3O6/c1-3-27-21(11-8-14(22)26-9-11)17(25)10(2)19-15(23)16(24)20-13-7-5-4-6-12(13)18/h4-7,10-11H,3,8-9H2,1-2H3,(H,19,23)(H,20,24). The van der Waals surface area contributed by atoms with Crippen molar-refractivity contribution in [2.75, 3.05) is 18.5 Å². The van der Waals surface area contributed by atoms with Gasteiger partial charge in [-0.2, -0.15) is 0 Å². The lowest BCUT2D eigenvalue weighted by atomic mass is 10.2. The van der Waals surface area contributed by atoms with Gasteiger partial charge < -0.3 is 15.4 Å². The first-order chi connectivity index (χ1) is 12.8. The summed E-state index contributed by atoms with van der Waals surface area (Å²) < 4.78 is 5.47. The fourth-order valence-electron chi connectivity index (χ4n) is 2.39. The maximum Gasteiger partial charge on any atom is 0.313 e. The number of ether oxygens (including phenoxy) is 1. The quantitative estimate of drug-likeness (QED) is 0.386. The number of hydroxylamine groups is 2. The summed E-state index contributed by atoms with van der Waals surface area (Å²) in [6.45, 7) is 3.33. The van der Waals surface area contributed by atoms with E-state index in [9.17, 15) is 19.2 Å². The van der Waals surface area contributed by atoms with Crippen LogP contribution in [-0.2, 0) is 28.8 Å². The highest BCUT2D eigenvalue weighted by Gasteiger charge is 2.36. The van der Waals surface area contributed by atoms with Crippen LogP contribution in [0.25, 0.3) is 0 Å². The van der Waals surface area contributed by atoms with Crippen LogP contribution in [0.15, 0.2) is 28.7 Å². The molecule has 9 nitrogen and oxygen atoms in total. The van der Waals surface area contributed by atoms with Crippen molar-refractivity contribution in [2.24, 2.45) is 0 Å². The van der Waals surface area contributed by atoms with Gasteiger partial charge in [-0.05, 0) is 41.9 Å². The first-order valence-corrected chi connectivity index (χ1v) is 9.10. The molecule has 2 N–H and O–H groups in total. The molecule has 0 radical (unpaired) electrons. The molecule has 1 aliphatic heterocycles. The number of hydrogen-bond acceptors (Lipinski definition) is 6. The number of benzene rings is 1.